The molecular weight excluding hydrogens is 469 g/mol. The highest BCUT2D eigenvalue weighted by Gasteiger charge is 2.35. The van der Waals surface area contributed by atoms with Crippen molar-refractivity contribution in [2.45, 2.75) is 78.2 Å². The molecule has 35 heavy (non-hydrogen) atoms. The number of allylic oxidation sites excluding steroid dienone is 1. The molecule has 7 heteroatoms. The van der Waals surface area contributed by atoms with Crippen LogP contribution in [0.1, 0.15) is 70.2 Å². The summed E-state index contributed by atoms with van der Waals surface area (Å²) in [5.41, 5.74) is 8.48. The molecule has 0 radical (unpaired) electrons. The number of thioether (sulfide) groups is 1. The Morgan fingerprint density at radius 3 is 2.17 bits per heavy atom. The summed E-state index contributed by atoms with van der Waals surface area (Å²) in [4.78, 5) is 13.8. The predicted octanol–water partition coefficient (Wildman–Crippen LogP) is 8.04. The molecule has 0 aliphatic carbocycles. The zero-order chi connectivity index (χ0) is 27.2. The maximum Gasteiger partial charge on any atom is 0.312 e. The summed E-state index contributed by atoms with van der Waals surface area (Å²) in [5, 5.41) is 2.16. The third-order valence-electron chi connectivity index (χ3n) is 5.33. The van der Waals surface area contributed by atoms with E-state index in [1.54, 1.807) is 37.7 Å². The molecule has 196 valence electrons. The number of nitrogens with two attached hydrogens (primary N) is 1. The second kappa shape index (κ2) is 16.3. The maximum absolute atomic E-state index is 12.8. The molecule has 0 saturated carbocycles. The first-order valence-electron chi connectivity index (χ1n) is 11.9. The van der Waals surface area contributed by atoms with Crippen LogP contribution in [0.15, 0.2) is 53.6 Å². The number of rotatable bonds is 10. The average molecular weight is 511 g/mol. The second-order valence-corrected chi connectivity index (χ2v) is 9.21. The van der Waals surface area contributed by atoms with Crippen molar-refractivity contribution >= 4 is 23.2 Å². The molecule has 0 aliphatic rings. The maximum atomic E-state index is 12.8. The van der Waals surface area contributed by atoms with E-state index in [1.165, 1.54) is 0 Å². The van der Waals surface area contributed by atoms with Crippen LogP contribution in [0.3, 0.4) is 0 Å². The van der Waals surface area contributed by atoms with Crippen LogP contribution in [-0.4, -0.2) is 24.8 Å². The topological polar surface area (TPSA) is 55.1 Å². The number of hydrogen-bond donors (Lipinski definition) is 2. The molecule has 0 saturated heterocycles. The van der Waals surface area contributed by atoms with Crippen molar-refractivity contribution in [2.24, 2.45) is 5.73 Å². The van der Waals surface area contributed by atoms with Gasteiger partial charge in [-0.25, -0.2) is 0 Å². The van der Waals surface area contributed by atoms with Crippen LogP contribution < -0.4 is 11.1 Å². The molecule has 2 aromatic rings. The third kappa shape index (κ3) is 10.0. The largest absolute Gasteiger partial charge is 0.403 e. The van der Waals surface area contributed by atoms with Crippen molar-refractivity contribution in [3.05, 3.63) is 70.9 Å². The smallest absolute Gasteiger partial charge is 0.312 e. The van der Waals surface area contributed by atoms with Gasteiger partial charge in [0.2, 0.25) is 0 Å². The Balaban J connectivity index is 0.00000174. The number of ketones is 1. The van der Waals surface area contributed by atoms with Crippen LogP contribution in [-0.2, 0) is 16.6 Å². The number of benzene rings is 2. The van der Waals surface area contributed by atoms with Gasteiger partial charge in [0.15, 0.2) is 0 Å². The second-order valence-electron chi connectivity index (χ2n) is 8.07. The van der Waals surface area contributed by atoms with Gasteiger partial charge in [-0.1, -0.05) is 51.6 Å². The van der Waals surface area contributed by atoms with Crippen molar-refractivity contribution in [2.75, 3.05) is 17.7 Å². The fourth-order valence-electron chi connectivity index (χ4n) is 3.33. The Morgan fingerprint density at radius 2 is 1.69 bits per heavy atom. The van der Waals surface area contributed by atoms with E-state index in [0.717, 1.165) is 27.1 Å². The molecule has 2 aromatic carbocycles. The van der Waals surface area contributed by atoms with Crippen LogP contribution in [0, 0.1) is 6.92 Å². The van der Waals surface area contributed by atoms with Crippen LogP contribution in [0.2, 0.25) is 0 Å². The number of carbonyl (C=O) groups excluding carboxylic acids is 1. The van der Waals surface area contributed by atoms with Crippen LogP contribution in [0.5, 0.6) is 0 Å². The van der Waals surface area contributed by atoms with Gasteiger partial charge in [-0.3, -0.25) is 9.18 Å². The summed E-state index contributed by atoms with van der Waals surface area (Å²) in [6, 6.07) is 11.1. The first-order valence-corrected chi connectivity index (χ1v) is 12.9. The number of alkyl halides is 3. The number of Topliss-reactive ketones (excluding diaryl/α,β-unsaturated/α-hetero) is 1. The number of halogens is 3. The summed E-state index contributed by atoms with van der Waals surface area (Å²) in [6.45, 7) is 13.4. The number of aryl methyl sites for hydroxylation is 2. The van der Waals surface area contributed by atoms with Gasteiger partial charge in [-0.15, -0.1) is 11.8 Å². The van der Waals surface area contributed by atoms with E-state index >= 15 is 0 Å². The highest BCUT2D eigenvalue weighted by Crippen LogP contribution is 2.38. The molecular formula is C28H41F3N2OS. The Kier molecular flexibility index (Phi) is 15.2. The van der Waals surface area contributed by atoms with Crippen LogP contribution in [0.4, 0.5) is 18.9 Å². The van der Waals surface area contributed by atoms with Gasteiger partial charge in [0.25, 0.3) is 0 Å². The quantitative estimate of drug-likeness (QED) is 0.193. The summed E-state index contributed by atoms with van der Waals surface area (Å²) in [5.74, 6) is 0.642. The molecule has 2 rings (SSSR count). The van der Waals surface area contributed by atoms with E-state index in [0.29, 0.717) is 30.0 Å². The van der Waals surface area contributed by atoms with E-state index in [1.807, 2.05) is 58.9 Å². The van der Waals surface area contributed by atoms with E-state index in [-0.39, 0.29) is 12.5 Å². The lowest BCUT2D eigenvalue weighted by Crippen LogP contribution is -2.32. The Labute approximate surface area is 213 Å². The molecule has 0 bridgehead atoms. The van der Waals surface area contributed by atoms with Gasteiger partial charge < -0.3 is 11.1 Å². The third-order valence-corrected chi connectivity index (χ3v) is 6.58. The fourth-order valence-corrected chi connectivity index (χ4v) is 4.31. The molecule has 0 spiro atoms. The fraction of sp³-hybridized carbons (Fsp3) is 0.464. The standard InChI is InChI=1S/C23H28F3NOS.C3H7N.C2H6/c1-5-17-13-18(9-10-20(17)27-22(25)26)23(4,16(3)28)19-8-7-15(2)21(14-19)29-12-6-11-24;1-3(2)4;1-2/h7-10,13-14,22,27H,5-6,11-12H2,1-4H3;1,4H2,2H3;1-2H3/t23-;;/m1../s1. The zero-order valence-corrected chi connectivity index (χ0v) is 22.9. The summed E-state index contributed by atoms with van der Waals surface area (Å²) in [6.07, 6.45) is 1.05. The Bertz CT molecular complexity index is 946. The lowest BCUT2D eigenvalue weighted by Gasteiger charge is -2.30. The lowest BCUT2D eigenvalue weighted by molar-refractivity contribution is -0.120. The monoisotopic (exact) mass is 510 g/mol. The molecule has 0 fully saturated rings. The van der Waals surface area contributed by atoms with Crippen molar-refractivity contribution < 1.29 is 18.0 Å². The van der Waals surface area contributed by atoms with Crippen molar-refractivity contribution in [3.63, 3.8) is 0 Å². The van der Waals surface area contributed by atoms with Gasteiger partial charge in [0.1, 0.15) is 5.78 Å². The Hall–Kier alpha value is -2.41. The molecule has 0 amide bonds. The van der Waals surface area contributed by atoms with Crippen molar-refractivity contribution in [3.8, 4) is 0 Å². The van der Waals surface area contributed by atoms with Gasteiger partial charge >= 0.3 is 6.55 Å². The van der Waals surface area contributed by atoms with Gasteiger partial charge in [-0.2, -0.15) is 8.78 Å². The van der Waals surface area contributed by atoms with E-state index in [9.17, 15) is 18.0 Å². The summed E-state index contributed by atoms with van der Waals surface area (Å²) < 4.78 is 38.0. The van der Waals surface area contributed by atoms with Crippen LogP contribution >= 0.6 is 11.8 Å². The number of anilines is 1. The molecule has 3 nitrogen and oxygen atoms in total. The van der Waals surface area contributed by atoms with Gasteiger partial charge in [0, 0.05) is 16.3 Å². The average Bonchev–Trinajstić information content (AvgIpc) is 2.80. The summed E-state index contributed by atoms with van der Waals surface area (Å²) in [7, 11) is 0. The first-order chi connectivity index (χ1) is 16.5. The Morgan fingerprint density at radius 1 is 1.14 bits per heavy atom. The normalized spacial score (nSPS) is 12.0. The molecule has 0 aromatic heterocycles. The number of carbonyl (C=O) groups is 1. The minimum atomic E-state index is -2.65. The molecule has 0 aliphatic heterocycles. The molecule has 0 unspecified atom stereocenters. The van der Waals surface area contributed by atoms with E-state index in [2.05, 4.69) is 11.9 Å². The van der Waals surface area contributed by atoms with Crippen molar-refractivity contribution in [1.82, 2.24) is 0 Å². The molecule has 1 atom stereocenters. The minimum Gasteiger partial charge on any atom is -0.403 e. The van der Waals surface area contributed by atoms with Crippen molar-refractivity contribution in [1.29, 1.82) is 0 Å². The van der Waals surface area contributed by atoms with Gasteiger partial charge in [-0.05, 0) is 80.6 Å². The zero-order valence-electron chi connectivity index (χ0n) is 22.1. The highest BCUT2D eigenvalue weighted by molar-refractivity contribution is 7.99. The van der Waals surface area contributed by atoms with Gasteiger partial charge in [0.05, 0.1) is 12.1 Å². The number of nitrogens with one attached hydrogen (secondary N) is 1. The minimum absolute atomic E-state index is 0.0299. The molecule has 3 N–H and O–H groups in total. The highest BCUT2D eigenvalue weighted by atomic mass is 32.2. The number of hydrogen-bond acceptors (Lipinski definition) is 4. The first kappa shape index (κ1) is 32.6. The lowest BCUT2D eigenvalue weighted by atomic mass is 9.72. The SMILES string of the molecule is C=C(C)N.CC.CCc1cc([C@@](C)(C(C)=O)c2ccc(C)c(SCCCF)c2)ccc1NC(F)F. The van der Waals surface area contributed by atoms with Crippen LogP contribution in [0.25, 0.3) is 0 Å². The predicted molar refractivity (Wildman–Crippen MR) is 145 cm³/mol. The summed E-state index contributed by atoms with van der Waals surface area (Å²) >= 11 is 1.58. The molecule has 0 heterocycles. The van der Waals surface area contributed by atoms with E-state index in [4.69, 9.17) is 5.73 Å². The van der Waals surface area contributed by atoms with E-state index < -0.39 is 12.0 Å².